The summed E-state index contributed by atoms with van der Waals surface area (Å²) in [6.45, 7) is 3.19. The molecule has 1 aliphatic rings. The van der Waals surface area contributed by atoms with Gasteiger partial charge in [-0.05, 0) is 28.8 Å². The molecule has 1 aliphatic heterocycles. The molecular weight excluding hydrogens is 234 g/mol. The van der Waals surface area contributed by atoms with Gasteiger partial charge in [-0.25, -0.2) is 0 Å². The summed E-state index contributed by atoms with van der Waals surface area (Å²) in [4.78, 5) is 0. The van der Waals surface area contributed by atoms with Crippen LogP contribution >= 0.6 is 0 Å². The molecule has 0 saturated carbocycles. The van der Waals surface area contributed by atoms with Crippen molar-refractivity contribution in [3.63, 3.8) is 0 Å². The van der Waals surface area contributed by atoms with Gasteiger partial charge < -0.3 is 10.1 Å². The van der Waals surface area contributed by atoms with E-state index in [9.17, 15) is 0 Å². The molecule has 1 N–H and O–H groups in total. The summed E-state index contributed by atoms with van der Waals surface area (Å²) in [6, 6.07) is 17.5. The van der Waals surface area contributed by atoms with Crippen LogP contribution in [0.4, 0.5) is 0 Å². The molecule has 0 amide bonds. The maximum absolute atomic E-state index is 5.30. The Kier molecular flexibility index (Phi) is 3.26. The summed E-state index contributed by atoms with van der Waals surface area (Å²) in [5.74, 6) is 1.41. The molecule has 2 heteroatoms. The summed E-state index contributed by atoms with van der Waals surface area (Å²) < 4.78 is 5.30. The van der Waals surface area contributed by atoms with E-state index < -0.39 is 0 Å². The van der Waals surface area contributed by atoms with E-state index in [1.165, 1.54) is 16.7 Å². The second kappa shape index (κ2) is 5.06. The number of fused-ring (bicyclic) bond motifs is 1. The van der Waals surface area contributed by atoms with E-state index in [2.05, 4.69) is 60.8 Å². The Morgan fingerprint density at radius 1 is 1.11 bits per heavy atom. The number of hydrogen-bond acceptors (Lipinski definition) is 2. The summed E-state index contributed by atoms with van der Waals surface area (Å²) in [7, 11) is 1.72. The highest BCUT2D eigenvalue weighted by atomic mass is 16.5. The molecule has 0 aliphatic carbocycles. The van der Waals surface area contributed by atoms with Gasteiger partial charge in [-0.3, -0.25) is 0 Å². The lowest BCUT2D eigenvalue weighted by Crippen LogP contribution is -2.31. The first-order chi connectivity index (χ1) is 9.29. The zero-order valence-corrected chi connectivity index (χ0v) is 11.4. The van der Waals surface area contributed by atoms with E-state index >= 15 is 0 Å². The molecule has 2 nitrogen and oxygen atoms in total. The topological polar surface area (TPSA) is 21.3 Å². The van der Waals surface area contributed by atoms with Gasteiger partial charge in [0, 0.05) is 18.5 Å². The standard InChI is InChI=1S/C17H19NO/c1-12-16-9-8-15(19-2)10-14(16)11-18-17(12)13-6-4-3-5-7-13/h3-10,12,17-18H,11H2,1-2H3. The normalized spacial score (nSPS) is 21.8. The van der Waals surface area contributed by atoms with E-state index in [-0.39, 0.29) is 0 Å². The predicted octanol–water partition coefficient (Wildman–Crippen LogP) is 3.64. The fourth-order valence-corrected chi connectivity index (χ4v) is 2.95. The molecule has 3 rings (SSSR count). The van der Waals surface area contributed by atoms with E-state index in [0.29, 0.717) is 12.0 Å². The van der Waals surface area contributed by atoms with Crippen LogP contribution in [0.3, 0.4) is 0 Å². The van der Waals surface area contributed by atoms with Crippen molar-refractivity contribution in [1.82, 2.24) is 5.32 Å². The van der Waals surface area contributed by atoms with Gasteiger partial charge in [-0.1, -0.05) is 43.3 Å². The molecule has 0 bridgehead atoms. The smallest absolute Gasteiger partial charge is 0.119 e. The van der Waals surface area contributed by atoms with Gasteiger partial charge in [-0.2, -0.15) is 0 Å². The average Bonchev–Trinajstić information content (AvgIpc) is 2.48. The van der Waals surface area contributed by atoms with Crippen LogP contribution in [0, 0.1) is 0 Å². The van der Waals surface area contributed by atoms with E-state index in [1.54, 1.807) is 7.11 Å². The van der Waals surface area contributed by atoms with Gasteiger partial charge in [0.05, 0.1) is 7.11 Å². The Morgan fingerprint density at radius 2 is 1.89 bits per heavy atom. The van der Waals surface area contributed by atoms with Gasteiger partial charge >= 0.3 is 0 Å². The predicted molar refractivity (Wildman–Crippen MR) is 77.4 cm³/mol. The van der Waals surface area contributed by atoms with Crippen molar-refractivity contribution in [2.24, 2.45) is 0 Å². The highest BCUT2D eigenvalue weighted by molar-refractivity contribution is 5.41. The van der Waals surface area contributed by atoms with Crippen molar-refractivity contribution in [2.75, 3.05) is 7.11 Å². The van der Waals surface area contributed by atoms with Gasteiger partial charge in [0.1, 0.15) is 5.75 Å². The lowest BCUT2D eigenvalue weighted by Gasteiger charge is -2.33. The van der Waals surface area contributed by atoms with Crippen LogP contribution in [0.15, 0.2) is 48.5 Å². The summed E-state index contributed by atoms with van der Waals surface area (Å²) in [5, 5.41) is 3.64. The molecule has 1 heterocycles. The molecule has 19 heavy (non-hydrogen) atoms. The highest BCUT2D eigenvalue weighted by Crippen LogP contribution is 2.37. The minimum Gasteiger partial charge on any atom is -0.497 e. The molecule has 98 valence electrons. The van der Waals surface area contributed by atoms with E-state index in [4.69, 9.17) is 4.74 Å². The van der Waals surface area contributed by atoms with Gasteiger partial charge in [-0.15, -0.1) is 0 Å². The quantitative estimate of drug-likeness (QED) is 0.882. The Labute approximate surface area is 114 Å². The van der Waals surface area contributed by atoms with Gasteiger partial charge in [0.15, 0.2) is 0 Å². The first kappa shape index (κ1) is 12.2. The van der Waals surface area contributed by atoms with Crippen molar-refractivity contribution >= 4 is 0 Å². The molecule has 2 unspecified atom stereocenters. The molecule has 0 fully saturated rings. The third-order valence-corrected chi connectivity index (χ3v) is 4.01. The third kappa shape index (κ3) is 2.24. The SMILES string of the molecule is COc1ccc2c(c1)CNC(c1ccccc1)C2C. The first-order valence-electron chi connectivity index (χ1n) is 6.74. The van der Waals surface area contributed by atoms with Crippen molar-refractivity contribution in [3.05, 3.63) is 65.2 Å². The number of methoxy groups -OCH3 is 1. The Hall–Kier alpha value is -1.80. The number of ether oxygens (including phenoxy) is 1. The fourth-order valence-electron chi connectivity index (χ4n) is 2.95. The molecule has 0 aromatic heterocycles. The second-order valence-electron chi connectivity index (χ2n) is 5.12. The molecule has 2 atom stereocenters. The lowest BCUT2D eigenvalue weighted by molar-refractivity contribution is 0.406. The van der Waals surface area contributed by atoms with Crippen LogP contribution in [-0.2, 0) is 6.54 Å². The monoisotopic (exact) mass is 253 g/mol. The summed E-state index contributed by atoms with van der Waals surface area (Å²) in [6.07, 6.45) is 0. The minimum atomic E-state index is 0.391. The fraction of sp³-hybridized carbons (Fsp3) is 0.294. The summed E-state index contributed by atoms with van der Waals surface area (Å²) in [5.41, 5.74) is 4.13. The molecule has 2 aromatic carbocycles. The number of rotatable bonds is 2. The van der Waals surface area contributed by atoms with E-state index in [1.807, 2.05) is 0 Å². The van der Waals surface area contributed by atoms with Crippen molar-refractivity contribution in [1.29, 1.82) is 0 Å². The van der Waals surface area contributed by atoms with Crippen LogP contribution in [0.2, 0.25) is 0 Å². The van der Waals surface area contributed by atoms with Crippen LogP contribution in [0.25, 0.3) is 0 Å². The van der Waals surface area contributed by atoms with Crippen molar-refractivity contribution in [2.45, 2.75) is 25.4 Å². The van der Waals surface area contributed by atoms with Crippen LogP contribution in [-0.4, -0.2) is 7.11 Å². The van der Waals surface area contributed by atoms with Crippen LogP contribution < -0.4 is 10.1 Å². The average molecular weight is 253 g/mol. The Bertz CT molecular complexity index is 565. The zero-order valence-electron chi connectivity index (χ0n) is 11.4. The lowest BCUT2D eigenvalue weighted by atomic mass is 9.83. The number of nitrogens with one attached hydrogen (secondary N) is 1. The van der Waals surface area contributed by atoms with Crippen molar-refractivity contribution < 1.29 is 4.74 Å². The van der Waals surface area contributed by atoms with Crippen LogP contribution in [0.5, 0.6) is 5.75 Å². The zero-order chi connectivity index (χ0) is 13.2. The largest absolute Gasteiger partial charge is 0.497 e. The maximum Gasteiger partial charge on any atom is 0.119 e. The van der Waals surface area contributed by atoms with Crippen molar-refractivity contribution in [3.8, 4) is 5.75 Å². The first-order valence-corrected chi connectivity index (χ1v) is 6.74. The Balaban J connectivity index is 1.94. The molecule has 2 aromatic rings. The summed E-state index contributed by atoms with van der Waals surface area (Å²) >= 11 is 0. The van der Waals surface area contributed by atoms with Gasteiger partial charge in [0.2, 0.25) is 0 Å². The van der Waals surface area contributed by atoms with E-state index in [0.717, 1.165) is 12.3 Å². The third-order valence-electron chi connectivity index (χ3n) is 4.01. The minimum absolute atomic E-state index is 0.391. The van der Waals surface area contributed by atoms with Gasteiger partial charge in [0.25, 0.3) is 0 Å². The van der Waals surface area contributed by atoms with Crippen LogP contribution in [0.1, 0.15) is 35.6 Å². The molecule has 0 radical (unpaired) electrons. The Morgan fingerprint density at radius 3 is 2.63 bits per heavy atom. The molecular formula is C17H19NO. The molecule has 0 saturated heterocycles. The molecule has 0 spiro atoms. The highest BCUT2D eigenvalue weighted by Gasteiger charge is 2.26. The second-order valence-corrected chi connectivity index (χ2v) is 5.12. The number of benzene rings is 2. The maximum atomic E-state index is 5.30. The number of hydrogen-bond donors (Lipinski definition) is 1.